The maximum Gasteiger partial charge on any atom is 0.191 e. The van der Waals surface area contributed by atoms with Gasteiger partial charge in [0.2, 0.25) is 0 Å². The Kier molecular flexibility index (Phi) is 7.15. The molecule has 0 saturated carbocycles. The number of nitrogens with zero attached hydrogens (tertiary/aromatic N) is 5. The van der Waals surface area contributed by atoms with E-state index in [-0.39, 0.29) is 0 Å². The first-order valence-corrected chi connectivity index (χ1v) is 10.2. The van der Waals surface area contributed by atoms with Crippen LogP contribution in [-0.4, -0.2) is 92.7 Å². The summed E-state index contributed by atoms with van der Waals surface area (Å²) in [5.41, 5.74) is 0. The molecule has 2 fully saturated rings. The lowest BCUT2D eigenvalue weighted by Crippen LogP contribution is -2.53. The highest BCUT2D eigenvalue weighted by molar-refractivity contribution is 6.32. The molecule has 3 heterocycles. The normalized spacial score (nSPS) is 23.5. The van der Waals surface area contributed by atoms with E-state index in [2.05, 4.69) is 49.3 Å². The minimum absolute atomic E-state index is 0.341. The van der Waals surface area contributed by atoms with Crippen molar-refractivity contribution in [2.45, 2.75) is 25.4 Å². The van der Waals surface area contributed by atoms with Crippen LogP contribution in [0.1, 0.15) is 13.3 Å². The summed E-state index contributed by atoms with van der Waals surface area (Å²) in [6.07, 6.45) is 2.84. The van der Waals surface area contributed by atoms with E-state index in [0.29, 0.717) is 17.1 Å². The molecule has 2 atom stereocenters. The van der Waals surface area contributed by atoms with E-state index in [1.165, 1.54) is 0 Å². The van der Waals surface area contributed by atoms with Crippen molar-refractivity contribution in [2.24, 2.45) is 4.99 Å². The molecule has 0 aromatic carbocycles. The van der Waals surface area contributed by atoms with Gasteiger partial charge in [-0.05, 0) is 32.5 Å². The average Bonchev–Trinajstić information content (AvgIpc) is 3.14. The molecule has 0 bridgehead atoms. The fraction of sp³-hybridized carbons (Fsp3) is 0.684. The second kappa shape index (κ2) is 9.57. The molecular weight excluding hydrogens is 362 g/mol. The third-order valence-corrected chi connectivity index (χ3v) is 5.81. The van der Waals surface area contributed by atoms with Gasteiger partial charge >= 0.3 is 0 Å². The van der Waals surface area contributed by atoms with Crippen molar-refractivity contribution < 1.29 is 0 Å². The van der Waals surface area contributed by atoms with Gasteiger partial charge in [0, 0.05) is 71.1 Å². The number of hydrogen-bond donors (Lipinski definition) is 2. The Morgan fingerprint density at radius 2 is 2.11 bits per heavy atom. The van der Waals surface area contributed by atoms with Crippen molar-refractivity contribution in [3.63, 3.8) is 0 Å². The average molecular weight is 394 g/mol. The maximum absolute atomic E-state index is 6.28. The van der Waals surface area contributed by atoms with Crippen molar-refractivity contribution >= 4 is 23.4 Å². The molecule has 8 heteroatoms. The monoisotopic (exact) mass is 393 g/mol. The smallest absolute Gasteiger partial charge is 0.191 e. The molecule has 2 aliphatic rings. The molecule has 0 spiro atoms. The SMILES string of the molecule is CN=C(NCC(C)N1CCN(C)CC1)NC1CCN(c2ncccc2Cl)C1. The Labute approximate surface area is 167 Å². The lowest BCUT2D eigenvalue weighted by Gasteiger charge is -2.36. The fourth-order valence-corrected chi connectivity index (χ4v) is 3.95. The standard InChI is InChI=1S/C19H32ClN7/c1-15(26-11-9-25(3)10-12-26)13-23-19(21-2)24-16-6-8-27(14-16)18-17(20)5-4-7-22-18/h4-5,7,15-16H,6,8-14H2,1-3H3,(H2,21,23,24). The maximum atomic E-state index is 6.28. The van der Waals surface area contributed by atoms with Crippen molar-refractivity contribution in [3.05, 3.63) is 23.4 Å². The van der Waals surface area contributed by atoms with Crippen LogP contribution >= 0.6 is 11.6 Å². The van der Waals surface area contributed by atoms with Gasteiger partial charge in [-0.1, -0.05) is 11.6 Å². The third-order valence-electron chi connectivity index (χ3n) is 5.52. The van der Waals surface area contributed by atoms with Gasteiger partial charge in [-0.2, -0.15) is 0 Å². The Bertz CT molecular complexity index is 630. The number of rotatable bonds is 5. The molecular formula is C19H32ClN7. The van der Waals surface area contributed by atoms with Crippen molar-refractivity contribution in [2.75, 3.05) is 64.8 Å². The number of aliphatic imine (C=N–C) groups is 1. The Morgan fingerprint density at radius 3 is 2.81 bits per heavy atom. The van der Waals surface area contributed by atoms with E-state index in [1.54, 1.807) is 6.20 Å². The Morgan fingerprint density at radius 1 is 1.33 bits per heavy atom. The van der Waals surface area contributed by atoms with Gasteiger partial charge in [0.05, 0.1) is 5.02 Å². The van der Waals surface area contributed by atoms with E-state index in [9.17, 15) is 0 Å². The summed E-state index contributed by atoms with van der Waals surface area (Å²) in [6, 6.07) is 4.59. The quantitative estimate of drug-likeness (QED) is 0.577. The minimum Gasteiger partial charge on any atom is -0.355 e. The summed E-state index contributed by atoms with van der Waals surface area (Å²) < 4.78 is 0. The highest BCUT2D eigenvalue weighted by Crippen LogP contribution is 2.25. The lowest BCUT2D eigenvalue weighted by atomic mass is 10.2. The first-order chi connectivity index (χ1) is 13.1. The number of pyridine rings is 1. The number of halogens is 1. The number of nitrogens with one attached hydrogen (secondary N) is 2. The largest absolute Gasteiger partial charge is 0.355 e. The first kappa shape index (κ1) is 20.2. The van der Waals surface area contributed by atoms with E-state index < -0.39 is 0 Å². The van der Waals surface area contributed by atoms with Gasteiger partial charge < -0.3 is 20.4 Å². The summed E-state index contributed by atoms with van der Waals surface area (Å²) in [4.78, 5) is 16.0. The van der Waals surface area contributed by atoms with E-state index in [0.717, 1.165) is 64.0 Å². The molecule has 27 heavy (non-hydrogen) atoms. The van der Waals surface area contributed by atoms with Gasteiger partial charge in [0.25, 0.3) is 0 Å². The molecule has 7 nitrogen and oxygen atoms in total. The first-order valence-electron chi connectivity index (χ1n) is 9.82. The van der Waals surface area contributed by atoms with Gasteiger partial charge in [0.1, 0.15) is 5.82 Å². The summed E-state index contributed by atoms with van der Waals surface area (Å²) in [5, 5.41) is 7.75. The zero-order valence-corrected chi connectivity index (χ0v) is 17.4. The van der Waals surface area contributed by atoms with Crippen molar-refractivity contribution in [1.82, 2.24) is 25.4 Å². The predicted molar refractivity (Wildman–Crippen MR) is 113 cm³/mol. The minimum atomic E-state index is 0.341. The molecule has 0 radical (unpaired) electrons. The van der Waals surface area contributed by atoms with Crippen LogP contribution < -0.4 is 15.5 Å². The molecule has 1 aromatic rings. The molecule has 0 aliphatic carbocycles. The van der Waals surface area contributed by atoms with Crippen molar-refractivity contribution in [3.8, 4) is 0 Å². The molecule has 1 aromatic heterocycles. The number of likely N-dealkylation sites (N-methyl/N-ethyl adjacent to an activating group) is 1. The molecule has 150 valence electrons. The summed E-state index contributed by atoms with van der Waals surface area (Å²) in [5.74, 6) is 1.74. The summed E-state index contributed by atoms with van der Waals surface area (Å²) >= 11 is 6.28. The lowest BCUT2D eigenvalue weighted by molar-refractivity contribution is 0.120. The molecule has 2 unspecified atom stereocenters. The molecule has 0 amide bonds. The zero-order chi connectivity index (χ0) is 19.2. The molecule has 2 N–H and O–H groups in total. The molecule has 2 saturated heterocycles. The van der Waals surface area contributed by atoms with Gasteiger partial charge in [0.15, 0.2) is 5.96 Å². The molecule has 2 aliphatic heterocycles. The highest BCUT2D eigenvalue weighted by atomic mass is 35.5. The third kappa shape index (κ3) is 5.46. The topological polar surface area (TPSA) is 59.0 Å². The zero-order valence-electron chi connectivity index (χ0n) is 16.7. The Hall–Kier alpha value is -1.57. The van der Waals surface area contributed by atoms with Gasteiger partial charge in [-0.15, -0.1) is 0 Å². The number of guanidine groups is 1. The second-order valence-electron chi connectivity index (χ2n) is 7.53. The van der Waals surface area contributed by atoms with Gasteiger partial charge in [-0.3, -0.25) is 9.89 Å². The second-order valence-corrected chi connectivity index (χ2v) is 7.93. The number of hydrogen-bond acceptors (Lipinski definition) is 5. The molecule has 3 rings (SSSR count). The Balaban J connectivity index is 1.45. The number of aromatic nitrogens is 1. The highest BCUT2D eigenvalue weighted by Gasteiger charge is 2.26. The van der Waals surface area contributed by atoms with Crippen molar-refractivity contribution in [1.29, 1.82) is 0 Å². The van der Waals surface area contributed by atoms with Crippen LogP contribution in [0.3, 0.4) is 0 Å². The summed E-state index contributed by atoms with van der Waals surface area (Å²) in [6.45, 7) is 9.56. The van der Waals surface area contributed by atoms with Crippen LogP contribution in [-0.2, 0) is 0 Å². The van der Waals surface area contributed by atoms with E-state index in [4.69, 9.17) is 11.6 Å². The van der Waals surface area contributed by atoms with Crippen LogP contribution in [0, 0.1) is 0 Å². The van der Waals surface area contributed by atoms with Crippen LogP contribution in [0.15, 0.2) is 23.3 Å². The van der Waals surface area contributed by atoms with Gasteiger partial charge in [-0.25, -0.2) is 4.98 Å². The number of piperazine rings is 1. The predicted octanol–water partition coefficient (Wildman–Crippen LogP) is 1.11. The van der Waals surface area contributed by atoms with Crippen LogP contribution in [0.2, 0.25) is 5.02 Å². The summed E-state index contributed by atoms with van der Waals surface area (Å²) in [7, 11) is 4.02. The number of anilines is 1. The fourth-order valence-electron chi connectivity index (χ4n) is 3.70. The van der Waals surface area contributed by atoms with Crippen LogP contribution in [0.5, 0.6) is 0 Å². The van der Waals surface area contributed by atoms with E-state index >= 15 is 0 Å². The van der Waals surface area contributed by atoms with Crippen LogP contribution in [0.4, 0.5) is 5.82 Å². The van der Waals surface area contributed by atoms with Crippen LogP contribution in [0.25, 0.3) is 0 Å². The van der Waals surface area contributed by atoms with E-state index in [1.807, 2.05) is 19.2 Å².